The molecule has 0 amide bonds. The molecule has 0 saturated carbocycles. The number of benzene rings is 4. The first-order valence-electron chi connectivity index (χ1n) is 14.6. The van der Waals surface area contributed by atoms with Crippen LogP contribution in [0.4, 0.5) is 16.9 Å². The Kier molecular flexibility index (Phi) is 21.7. The summed E-state index contributed by atoms with van der Waals surface area (Å²) < 4.78 is 67.0. The van der Waals surface area contributed by atoms with Crippen molar-refractivity contribution in [2.75, 3.05) is 0 Å². The molecule has 0 aliphatic heterocycles. The zero-order valence-electron chi connectivity index (χ0n) is 27.3. The summed E-state index contributed by atoms with van der Waals surface area (Å²) >= 11 is -11.2. The van der Waals surface area contributed by atoms with Crippen LogP contribution in [0, 0.1) is 26.4 Å². The summed E-state index contributed by atoms with van der Waals surface area (Å²) in [7, 11) is -0.818. The SMILES string of the molecule is [C-]#[O+].[CH2]C(=C)C.[CH]1C=CC(P(c2ccccc2)c2ccccc2)=C1.[CH]1C=CC(P(c2ccccc2)c2ccccc2)=C1.[F][Sb-]([F])([F])([F])([F])[F].[Fe].[Ru+]. The Morgan fingerprint density at radius 1 is 0.549 bits per heavy atom. The zero-order chi connectivity index (χ0) is 36.4. The Morgan fingerprint density at radius 2 is 0.745 bits per heavy atom. The molecule has 12 heteroatoms. The first-order valence-corrected chi connectivity index (χ1v) is 23.0. The van der Waals surface area contributed by atoms with E-state index in [0.717, 1.165) is 5.57 Å². The standard InChI is InChI=1S/2C17H14P.C4H7.CO.6FH.Fe.Ru.Sb/c2*1-3-9-15(10-4-1)18(17-13-7-8-14-17)16-11-5-2-6-12-16;1-4(2)3;1-2;;;;;;;;;/h2*1-14H;1-2H2,3H3;;6*1H;;;/q;;;;;;;;;;;+1;+5/p-6. The van der Waals surface area contributed by atoms with Gasteiger partial charge in [0.2, 0.25) is 0 Å². The van der Waals surface area contributed by atoms with Crippen molar-refractivity contribution in [1.29, 1.82) is 0 Å². The quantitative estimate of drug-likeness (QED) is 0.0603. The Morgan fingerprint density at radius 3 is 0.902 bits per heavy atom. The van der Waals surface area contributed by atoms with Crippen LogP contribution in [0.2, 0.25) is 0 Å². The molecule has 0 atom stereocenters. The van der Waals surface area contributed by atoms with Gasteiger partial charge < -0.3 is 0 Å². The largest absolute Gasteiger partial charge is 1.00 e. The molecule has 4 aromatic carbocycles. The number of hydrogen-bond acceptors (Lipinski definition) is 0. The molecule has 0 bridgehead atoms. The molecule has 4 radical (unpaired) electrons. The molecule has 0 saturated heterocycles. The second-order valence-corrected chi connectivity index (χ2v) is 20.1. The first kappa shape index (κ1) is 48.7. The van der Waals surface area contributed by atoms with E-state index < -0.39 is 35.3 Å². The van der Waals surface area contributed by atoms with Gasteiger partial charge in [0.25, 0.3) is 0 Å². The molecule has 0 fully saturated rings. The fourth-order valence-corrected chi connectivity index (χ4v) is 8.84. The van der Waals surface area contributed by atoms with Crippen LogP contribution < -0.4 is 21.2 Å². The van der Waals surface area contributed by atoms with Crippen LogP contribution in [-0.4, -0.2) is 19.5 Å². The van der Waals surface area contributed by atoms with Crippen LogP contribution in [0.1, 0.15) is 6.92 Å². The normalized spacial score (nSPS) is 13.6. The van der Waals surface area contributed by atoms with Gasteiger partial charge in [0.15, 0.2) is 0 Å². The maximum atomic E-state index is 9.93. The van der Waals surface area contributed by atoms with Crippen molar-refractivity contribution < 1.29 is 58.1 Å². The van der Waals surface area contributed by atoms with Crippen LogP contribution in [0.3, 0.4) is 0 Å². The minimum Gasteiger partial charge on any atom is 0 e. The molecule has 2 aliphatic carbocycles. The maximum Gasteiger partial charge on any atom is 1.00 e. The van der Waals surface area contributed by atoms with Gasteiger partial charge in [-0.3, -0.25) is 0 Å². The molecule has 0 aromatic heterocycles. The van der Waals surface area contributed by atoms with E-state index in [-0.39, 0.29) is 36.5 Å². The molecule has 0 spiro atoms. The van der Waals surface area contributed by atoms with Crippen molar-refractivity contribution in [3.63, 3.8) is 0 Å². The van der Waals surface area contributed by atoms with E-state index in [0.29, 0.717) is 0 Å². The Bertz CT molecular complexity index is 1550. The summed E-state index contributed by atoms with van der Waals surface area (Å²) in [6.07, 6.45) is 17.4. The van der Waals surface area contributed by atoms with Gasteiger partial charge in [0, 0.05) is 29.9 Å². The van der Waals surface area contributed by atoms with Gasteiger partial charge in [-0.1, -0.05) is 163 Å². The molecular formula is C39H35F6FeOP2RuSb. The maximum absolute atomic E-state index is 11.2. The van der Waals surface area contributed by atoms with Gasteiger partial charge in [0.05, 0.1) is 0 Å². The smallest absolute Gasteiger partial charge is 0 e. The van der Waals surface area contributed by atoms with Gasteiger partial charge in [-0.05, 0) is 61.5 Å². The van der Waals surface area contributed by atoms with Gasteiger partial charge in [-0.2, -0.15) is 0 Å². The third-order valence-corrected chi connectivity index (χ3v) is 10.8. The molecule has 270 valence electrons. The van der Waals surface area contributed by atoms with E-state index in [1.807, 2.05) is 6.92 Å². The molecule has 6 rings (SSSR count). The summed E-state index contributed by atoms with van der Waals surface area (Å²) in [5, 5.41) is 8.47. The molecule has 0 N–H and O–H groups in total. The molecule has 1 nitrogen and oxygen atoms in total. The third kappa shape index (κ3) is 21.8. The summed E-state index contributed by atoms with van der Waals surface area (Å²) in [6.45, 7) is 13.2. The zero-order valence-corrected chi connectivity index (χ0v) is 34.5. The predicted octanol–water partition coefficient (Wildman–Crippen LogP) is 11.0. The van der Waals surface area contributed by atoms with Gasteiger partial charge in [0.1, 0.15) is 0 Å². The predicted molar refractivity (Wildman–Crippen MR) is 198 cm³/mol. The van der Waals surface area contributed by atoms with Crippen molar-refractivity contribution in [2.24, 2.45) is 0 Å². The van der Waals surface area contributed by atoms with E-state index in [1.165, 1.54) is 31.8 Å². The van der Waals surface area contributed by atoms with E-state index in [9.17, 15) is 16.9 Å². The van der Waals surface area contributed by atoms with E-state index in [4.69, 9.17) is 4.65 Å². The van der Waals surface area contributed by atoms with Gasteiger partial charge in [-0.15, -0.1) is 6.58 Å². The van der Waals surface area contributed by atoms with Gasteiger partial charge in [-0.25, -0.2) is 0 Å². The topological polar surface area (TPSA) is 19.9 Å². The Labute approximate surface area is 326 Å². The summed E-state index contributed by atoms with van der Waals surface area (Å²) in [6, 6.07) is 43.1. The van der Waals surface area contributed by atoms with E-state index in [2.05, 4.69) is 191 Å². The van der Waals surface area contributed by atoms with Crippen LogP contribution >= 0.6 is 15.8 Å². The molecule has 0 heterocycles. The first-order chi connectivity index (χ1) is 23.1. The summed E-state index contributed by atoms with van der Waals surface area (Å²) in [5.41, 5.74) is 0.917. The van der Waals surface area contributed by atoms with Gasteiger partial charge >= 0.3 is 67.1 Å². The number of halogens is 6. The Hall–Kier alpha value is -2.28. The molecule has 0 unspecified atom stereocenters. The monoisotopic (exact) mass is 974 g/mol. The van der Waals surface area contributed by atoms with Crippen molar-refractivity contribution in [3.05, 3.63) is 207 Å². The third-order valence-electron chi connectivity index (χ3n) is 5.86. The van der Waals surface area contributed by atoms with Crippen molar-refractivity contribution >= 4 is 56.5 Å². The molecule has 4 aromatic rings. The van der Waals surface area contributed by atoms with Crippen LogP contribution in [-0.2, 0) is 41.2 Å². The van der Waals surface area contributed by atoms with Crippen molar-refractivity contribution in [2.45, 2.75) is 6.92 Å². The fraction of sp³-hybridized carbons (Fsp3) is 0.0256. The van der Waals surface area contributed by atoms with Crippen LogP contribution in [0.5, 0.6) is 0 Å². The number of hydrogen-bond donors (Lipinski definition) is 0. The summed E-state index contributed by atoms with van der Waals surface area (Å²) in [5.74, 6) is 0. The minimum absolute atomic E-state index is 0. The molecule has 2 aliphatic rings. The van der Waals surface area contributed by atoms with Crippen LogP contribution in [0.15, 0.2) is 181 Å². The second kappa shape index (κ2) is 22.7. The average Bonchev–Trinajstić information content (AvgIpc) is 3.79. The van der Waals surface area contributed by atoms with Crippen LogP contribution in [0.25, 0.3) is 0 Å². The number of allylic oxidation sites excluding steroid dienone is 9. The molecular weight excluding hydrogens is 939 g/mol. The molecule has 51 heavy (non-hydrogen) atoms. The average molecular weight is 974 g/mol. The van der Waals surface area contributed by atoms with E-state index in [1.54, 1.807) is 0 Å². The van der Waals surface area contributed by atoms with Crippen molar-refractivity contribution in [3.8, 4) is 0 Å². The number of rotatable bonds is 6. The Balaban J connectivity index is 0.000000716. The van der Waals surface area contributed by atoms with Crippen molar-refractivity contribution in [1.82, 2.24) is 0 Å². The minimum atomic E-state index is -11.2. The summed E-state index contributed by atoms with van der Waals surface area (Å²) in [4.78, 5) is 0. The second-order valence-electron chi connectivity index (χ2n) is 10.2. The van der Waals surface area contributed by atoms with E-state index >= 15 is 0 Å². The fourth-order valence-electron chi connectivity index (χ4n) is 4.23.